The molecule has 2 N–H and O–H groups in total. The number of benzene rings is 1. The van der Waals surface area contributed by atoms with Crippen LogP contribution in [-0.4, -0.2) is 64.0 Å². The minimum atomic E-state index is -1.12. The summed E-state index contributed by atoms with van der Waals surface area (Å²) < 4.78 is 10.8. The minimum Gasteiger partial charge on any atom is -0.493 e. The van der Waals surface area contributed by atoms with Crippen molar-refractivity contribution >= 4 is 29.8 Å². The van der Waals surface area contributed by atoms with Crippen molar-refractivity contribution in [1.29, 1.82) is 0 Å². The van der Waals surface area contributed by atoms with E-state index in [0.29, 0.717) is 30.1 Å². The lowest BCUT2D eigenvalue weighted by atomic mass is 9.92. The summed E-state index contributed by atoms with van der Waals surface area (Å²) in [4.78, 5) is 59.8. The molecule has 1 aromatic carbocycles. The molecule has 2 atom stereocenters. The monoisotopic (exact) mass is 563 g/mol. The van der Waals surface area contributed by atoms with Gasteiger partial charge in [-0.15, -0.1) is 0 Å². The number of amides is 5. The molecule has 1 aliphatic heterocycles. The van der Waals surface area contributed by atoms with Gasteiger partial charge in [-0.25, -0.2) is 14.6 Å². The van der Waals surface area contributed by atoms with E-state index in [1.807, 2.05) is 31.2 Å². The average molecular weight is 564 g/mol. The highest BCUT2D eigenvalue weighted by atomic mass is 16.6. The number of carbonyl (C=O) groups is 4. The first-order valence-electron chi connectivity index (χ1n) is 14.0. The van der Waals surface area contributed by atoms with Gasteiger partial charge in [-0.3, -0.25) is 19.8 Å². The highest BCUT2D eigenvalue weighted by molar-refractivity contribution is 6.10. The van der Waals surface area contributed by atoms with Crippen molar-refractivity contribution in [2.75, 3.05) is 19.0 Å². The van der Waals surface area contributed by atoms with Gasteiger partial charge in [0.25, 0.3) is 5.91 Å². The van der Waals surface area contributed by atoms with Crippen LogP contribution in [-0.2, 0) is 32.8 Å². The molecule has 2 aliphatic carbocycles. The molecule has 218 valence electrons. The van der Waals surface area contributed by atoms with E-state index in [0.717, 1.165) is 28.9 Å². The molecule has 41 heavy (non-hydrogen) atoms. The Morgan fingerprint density at radius 1 is 1.24 bits per heavy atom. The van der Waals surface area contributed by atoms with E-state index in [2.05, 4.69) is 15.6 Å². The Labute approximate surface area is 239 Å². The number of nitrogens with one attached hydrogen (secondary N) is 2. The zero-order chi connectivity index (χ0) is 29.5. The number of nitrogens with zero attached hydrogens (tertiary/aromatic N) is 3. The number of fused-ring (bicyclic) bond motifs is 2. The lowest BCUT2D eigenvalue weighted by Gasteiger charge is -2.31. The van der Waals surface area contributed by atoms with Crippen LogP contribution in [0.15, 0.2) is 36.5 Å². The second-order valence-corrected chi connectivity index (χ2v) is 12.0. The third-order valence-electron chi connectivity index (χ3n) is 7.93. The highest BCUT2D eigenvalue weighted by Crippen LogP contribution is 2.41. The largest absolute Gasteiger partial charge is 0.493 e. The topological polar surface area (TPSA) is 130 Å². The molecule has 0 radical (unpaired) electrons. The Hall–Kier alpha value is -4.15. The molecule has 5 rings (SSSR count). The number of hydrogen-bond donors (Lipinski definition) is 2. The maximum absolute atomic E-state index is 13.7. The van der Waals surface area contributed by atoms with E-state index in [-0.39, 0.29) is 36.8 Å². The van der Waals surface area contributed by atoms with Crippen molar-refractivity contribution in [1.82, 2.24) is 20.1 Å². The molecule has 2 heterocycles. The maximum Gasteiger partial charge on any atom is 0.413 e. The van der Waals surface area contributed by atoms with E-state index >= 15 is 0 Å². The quantitative estimate of drug-likeness (QED) is 0.465. The first kappa shape index (κ1) is 28.4. The summed E-state index contributed by atoms with van der Waals surface area (Å²) in [5.41, 5.74) is 0.718. The lowest BCUT2D eigenvalue weighted by molar-refractivity contribution is -0.141. The Bertz CT molecular complexity index is 1380. The predicted octanol–water partition coefficient (Wildman–Crippen LogP) is 3.96. The first-order chi connectivity index (χ1) is 19.4. The van der Waals surface area contributed by atoms with Gasteiger partial charge < -0.3 is 19.7 Å². The number of hydrogen-bond acceptors (Lipinski definition) is 7. The van der Waals surface area contributed by atoms with Gasteiger partial charge >= 0.3 is 12.1 Å². The Morgan fingerprint density at radius 2 is 1.98 bits per heavy atom. The molecule has 3 aliphatic rings. The summed E-state index contributed by atoms with van der Waals surface area (Å²) in [5, 5.41) is 5.48. The number of anilines is 1. The Balaban J connectivity index is 1.33. The van der Waals surface area contributed by atoms with Crippen LogP contribution in [0.3, 0.4) is 0 Å². The van der Waals surface area contributed by atoms with Crippen molar-refractivity contribution < 1.29 is 28.7 Å². The van der Waals surface area contributed by atoms with Crippen LogP contribution in [0.4, 0.5) is 15.4 Å². The molecule has 5 amide bonds. The van der Waals surface area contributed by atoms with Gasteiger partial charge in [0.05, 0.1) is 7.11 Å². The number of aromatic nitrogens is 1. The van der Waals surface area contributed by atoms with Crippen LogP contribution >= 0.6 is 0 Å². The van der Waals surface area contributed by atoms with E-state index in [1.54, 1.807) is 37.9 Å². The van der Waals surface area contributed by atoms with Crippen LogP contribution in [0.2, 0.25) is 0 Å². The molecule has 11 nitrogen and oxygen atoms in total. The fourth-order valence-corrected chi connectivity index (χ4v) is 5.67. The number of pyridine rings is 1. The van der Waals surface area contributed by atoms with E-state index in [4.69, 9.17) is 9.47 Å². The zero-order valence-corrected chi connectivity index (χ0v) is 24.2. The molecule has 1 saturated heterocycles. The molecule has 1 unspecified atom stereocenters. The fraction of sp³-hybridized carbons (Fsp3) is 0.500. The fourth-order valence-electron chi connectivity index (χ4n) is 5.67. The SMILES string of the molecule is COc1cc(CN(C(=O)CN2C(=O)NC3(CCc4ccccc43)C2=O)[C@@H](C)C2CC2)cnc1NC(=O)OC(C)(C)C. The van der Waals surface area contributed by atoms with Crippen molar-refractivity contribution in [3.05, 3.63) is 53.2 Å². The second kappa shape index (κ2) is 10.7. The molecule has 2 fully saturated rings. The summed E-state index contributed by atoms with van der Waals surface area (Å²) >= 11 is 0. The molecule has 1 aromatic heterocycles. The summed E-state index contributed by atoms with van der Waals surface area (Å²) in [7, 11) is 1.46. The summed E-state index contributed by atoms with van der Waals surface area (Å²) in [6.07, 6.45) is 4.07. The van der Waals surface area contributed by atoms with Gasteiger partial charge in [-0.2, -0.15) is 0 Å². The summed E-state index contributed by atoms with van der Waals surface area (Å²) in [6, 6.07) is 8.66. The highest BCUT2D eigenvalue weighted by Gasteiger charge is 2.55. The number of rotatable bonds is 8. The molecule has 2 aromatic rings. The molecule has 11 heteroatoms. The third-order valence-corrected chi connectivity index (χ3v) is 7.93. The number of methoxy groups -OCH3 is 1. The Morgan fingerprint density at radius 3 is 2.66 bits per heavy atom. The van der Waals surface area contributed by atoms with Crippen molar-refractivity contribution in [2.45, 2.75) is 77.1 Å². The van der Waals surface area contributed by atoms with Crippen molar-refractivity contribution in [3.63, 3.8) is 0 Å². The van der Waals surface area contributed by atoms with Gasteiger partial charge in [0, 0.05) is 18.8 Å². The molecular weight excluding hydrogens is 526 g/mol. The molecule has 0 bridgehead atoms. The number of aryl methyl sites for hydroxylation is 1. The van der Waals surface area contributed by atoms with Crippen LogP contribution in [0, 0.1) is 5.92 Å². The first-order valence-corrected chi connectivity index (χ1v) is 14.0. The van der Waals surface area contributed by atoms with Gasteiger partial charge in [0.15, 0.2) is 11.6 Å². The standard InChI is InChI=1S/C30H37N5O6/c1-18(20-10-11-20)34(16-19-14-23(40-5)25(31-15-19)32-28(39)41-29(2,3)4)24(36)17-35-26(37)30(33-27(35)38)13-12-21-8-6-7-9-22(21)30/h6-9,14-15,18,20H,10-13,16-17H2,1-5H3,(H,33,38)(H,31,32,39)/t18-,30?/m0/s1. The Kier molecular flexibility index (Phi) is 7.39. The van der Waals surface area contributed by atoms with Crippen LogP contribution in [0.1, 0.15) is 63.6 Å². The minimum absolute atomic E-state index is 0.102. The normalized spacial score (nSPS) is 20.5. The smallest absolute Gasteiger partial charge is 0.413 e. The van der Waals surface area contributed by atoms with Crippen molar-refractivity contribution in [2.24, 2.45) is 5.92 Å². The van der Waals surface area contributed by atoms with Crippen LogP contribution in [0.25, 0.3) is 0 Å². The molecular formula is C30H37N5O6. The van der Waals surface area contributed by atoms with Crippen LogP contribution < -0.4 is 15.4 Å². The zero-order valence-electron chi connectivity index (χ0n) is 24.2. The average Bonchev–Trinajstić information content (AvgIpc) is 3.67. The van der Waals surface area contributed by atoms with E-state index in [1.165, 1.54) is 7.11 Å². The maximum atomic E-state index is 13.7. The van der Waals surface area contributed by atoms with Crippen LogP contribution in [0.5, 0.6) is 5.75 Å². The lowest BCUT2D eigenvalue weighted by Crippen LogP contribution is -2.47. The molecule has 1 spiro atoms. The van der Waals surface area contributed by atoms with E-state index in [9.17, 15) is 19.2 Å². The third kappa shape index (κ3) is 5.71. The summed E-state index contributed by atoms with van der Waals surface area (Å²) in [6.45, 7) is 7.12. The molecule has 1 saturated carbocycles. The number of imide groups is 1. The van der Waals surface area contributed by atoms with Gasteiger partial charge in [-0.1, -0.05) is 24.3 Å². The van der Waals surface area contributed by atoms with E-state index < -0.39 is 23.3 Å². The number of carbonyl (C=O) groups excluding carboxylic acids is 4. The second-order valence-electron chi connectivity index (χ2n) is 12.0. The summed E-state index contributed by atoms with van der Waals surface area (Å²) in [5.74, 6) is 0.140. The predicted molar refractivity (Wildman–Crippen MR) is 150 cm³/mol. The van der Waals surface area contributed by atoms with Crippen molar-refractivity contribution in [3.8, 4) is 5.75 Å². The van der Waals surface area contributed by atoms with Gasteiger partial charge in [-0.05, 0) is 82.1 Å². The van der Waals surface area contributed by atoms with Gasteiger partial charge in [0.1, 0.15) is 17.7 Å². The number of ether oxygens (including phenoxy) is 2. The number of urea groups is 1. The van der Waals surface area contributed by atoms with Gasteiger partial charge in [0.2, 0.25) is 5.91 Å².